The molecule has 2 rings (SSSR count). The van der Waals surface area contributed by atoms with E-state index in [1.54, 1.807) is 18.2 Å². The highest BCUT2D eigenvalue weighted by molar-refractivity contribution is 5.95. The summed E-state index contributed by atoms with van der Waals surface area (Å²) >= 11 is 0. The van der Waals surface area contributed by atoms with Crippen molar-refractivity contribution < 1.29 is 14.3 Å². The van der Waals surface area contributed by atoms with E-state index in [4.69, 9.17) is 15.2 Å². The highest BCUT2D eigenvalue weighted by atomic mass is 16.5. The average Bonchev–Trinajstić information content (AvgIpc) is 3.27. The van der Waals surface area contributed by atoms with Gasteiger partial charge in [-0.25, -0.2) is 0 Å². The van der Waals surface area contributed by atoms with Crippen LogP contribution >= 0.6 is 0 Å². The number of hydrogen-bond acceptors (Lipinski definition) is 4. The lowest BCUT2D eigenvalue weighted by Gasteiger charge is -2.08. The molecule has 20 heavy (non-hydrogen) atoms. The van der Waals surface area contributed by atoms with Gasteiger partial charge in [0.1, 0.15) is 5.75 Å². The summed E-state index contributed by atoms with van der Waals surface area (Å²) in [6.45, 7) is 2.17. The van der Waals surface area contributed by atoms with Crippen molar-refractivity contribution in [3.05, 3.63) is 23.8 Å². The van der Waals surface area contributed by atoms with Crippen LogP contribution in [0.2, 0.25) is 0 Å². The van der Waals surface area contributed by atoms with Crippen LogP contribution in [0.3, 0.4) is 0 Å². The molecule has 0 aliphatic heterocycles. The second-order valence-electron chi connectivity index (χ2n) is 5.08. The van der Waals surface area contributed by atoms with Gasteiger partial charge in [0.15, 0.2) is 0 Å². The number of rotatable bonds is 8. The van der Waals surface area contributed by atoms with Crippen LogP contribution in [0.1, 0.15) is 29.6 Å². The fourth-order valence-corrected chi connectivity index (χ4v) is 1.87. The molecular weight excluding hydrogens is 256 g/mol. The lowest BCUT2D eigenvalue weighted by atomic mass is 10.2. The second-order valence-corrected chi connectivity index (χ2v) is 5.08. The summed E-state index contributed by atoms with van der Waals surface area (Å²) in [6, 6.07) is 5.01. The maximum Gasteiger partial charge on any atom is 0.251 e. The molecule has 0 radical (unpaired) electrons. The van der Waals surface area contributed by atoms with E-state index < -0.39 is 0 Å². The lowest BCUT2D eigenvalue weighted by Crippen LogP contribution is -2.25. The molecule has 0 unspecified atom stereocenters. The van der Waals surface area contributed by atoms with Crippen LogP contribution in [0.15, 0.2) is 18.2 Å². The predicted octanol–water partition coefficient (Wildman–Crippen LogP) is 1.82. The molecule has 1 aromatic rings. The summed E-state index contributed by atoms with van der Waals surface area (Å²) in [6.07, 6.45) is 3.43. The van der Waals surface area contributed by atoms with E-state index in [2.05, 4.69) is 5.32 Å². The molecular formula is C15H22N2O3. The van der Waals surface area contributed by atoms with E-state index in [0.717, 1.165) is 18.9 Å². The first kappa shape index (κ1) is 14.7. The Morgan fingerprint density at radius 1 is 1.45 bits per heavy atom. The summed E-state index contributed by atoms with van der Waals surface area (Å²) < 4.78 is 10.6. The summed E-state index contributed by atoms with van der Waals surface area (Å²) in [7, 11) is 1.53. The predicted molar refractivity (Wildman–Crippen MR) is 77.9 cm³/mol. The number of anilines is 1. The van der Waals surface area contributed by atoms with Gasteiger partial charge in [-0.15, -0.1) is 0 Å². The number of nitrogens with two attached hydrogens (primary N) is 1. The van der Waals surface area contributed by atoms with E-state index in [0.29, 0.717) is 30.2 Å². The first-order valence-electron chi connectivity index (χ1n) is 7.00. The van der Waals surface area contributed by atoms with Crippen LogP contribution in [-0.4, -0.2) is 32.8 Å². The molecule has 0 heterocycles. The monoisotopic (exact) mass is 278 g/mol. The van der Waals surface area contributed by atoms with Crippen LogP contribution in [0, 0.1) is 5.92 Å². The normalized spacial score (nSPS) is 14.1. The van der Waals surface area contributed by atoms with Crippen LogP contribution in [0.5, 0.6) is 5.75 Å². The Balaban J connectivity index is 1.68. The van der Waals surface area contributed by atoms with Gasteiger partial charge in [-0.3, -0.25) is 4.79 Å². The Morgan fingerprint density at radius 2 is 2.25 bits per heavy atom. The van der Waals surface area contributed by atoms with E-state index in [1.165, 1.54) is 20.0 Å². The number of hydrogen-bond donors (Lipinski definition) is 2. The van der Waals surface area contributed by atoms with Crippen LogP contribution in [-0.2, 0) is 4.74 Å². The van der Waals surface area contributed by atoms with E-state index >= 15 is 0 Å². The van der Waals surface area contributed by atoms with Crippen molar-refractivity contribution in [3.63, 3.8) is 0 Å². The third-order valence-electron chi connectivity index (χ3n) is 3.30. The maximum atomic E-state index is 11.9. The number of nitrogen functional groups attached to an aromatic ring is 1. The number of carbonyl (C=O) groups excluding carboxylic acids is 1. The molecule has 0 bridgehead atoms. The number of carbonyl (C=O) groups is 1. The molecule has 5 heteroatoms. The molecule has 1 fully saturated rings. The number of ether oxygens (including phenoxy) is 2. The Bertz CT molecular complexity index is 458. The Morgan fingerprint density at radius 3 is 2.95 bits per heavy atom. The van der Waals surface area contributed by atoms with Gasteiger partial charge in [-0.05, 0) is 43.4 Å². The minimum Gasteiger partial charge on any atom is -0.495 e. The number of nitrogens with one attached hydrogen (secondary N) is 1. The first-order chi connectivity index (χ1) is 9.70. The quantitative estimate of drug-likeness (QED) is 0.562. The van der Waals surface area contributed by atoms with Crippen molar-refractivity contribution in [2.75, 3.05) is 32.6 Å². The maximum absolute atomic E-state index is 11.9. The highest BCUT2D eigenvalue weighted by Crippen LogP contribution is 2.28. The molecule has 110 valence electrons. The van der Waals surface area contributed by atoms with Crippen LogP contribution < -0.4 is 15.8 Å². The van der Waals surface area contributed by atoms with Gasteiger partial charge in [0.2, 0.25) is 0 Å². The lowest BCUT2D eigenvalue weighted by molar-refractivity contribution is 0.0937. The van der Waals surface area contributed by atoms with Crippen molar-refractivity contribution in [1.82, 2.24) is 5.32 Å². The third-order valence-corrected chi connectivity index (χ3v) is 3.30. The zero-order valence-electron chi connectivity index (χ0n) is 11.9. The molecule has 1 amide bonds. The van der Waals surface area contributed by atoms with Gasteiger partial charge >= 0.3 is 0 Å². The zero-order valence-corrected chi connectivity index (χ0v) is 11.9. The molecule has 0 atom stereocenters. The van der Waals surface area contributed by atoms with Crippen molar-refractivity contribution >= 4 is 11.6 Å². The van der Waals surface area contributed by atoms with Crippen molar-refractivity contribution in [1.29, 1.82) is 0 Å². The molecule has 1 aliphatic carbocycles. The SMILES string of the molecule is COc1cc(C(=O)NCCCOCC2CC2)ccc1N. The molecule has 0 saturated heterocycles. The Hall–Kier alpha value is -1.75. The summed E-state index contributed by atoms with van der Waals surface area (Å²) in [5.41, 5.74) is 6.79. The van der Waals surface area contributed by atoms with E-state index in [1.807, 2.05) is 0 Å². The third kappa shape index (κ3) is 4.42. The van der Waals surface area contributed by atoms with Gasteiger partial charge in [0.05, 0.1) is 12.8 Å². The minimum absolute atomic E-state index is 0.120. The summed E-state index contributed by atoms with van der Waals surface area (Å²) in [5.74, 6) is 1.18. The smallest absolute Gasteiger partial charge is 0.251 e. The van der Waals surface area contributed by atoms with Gasteiger partial charge < -0.3 is 20.5 Å². The highest BCUT2D eigenvalue weighted by Gasteiger charge is 2.20. The van der Waals surface area contributed by atoms with Gasteiger partial charge in [0.25, 0.3) is 5.91 Å². The fourth-order valence-electron chi connectivity index (χ4n) is 1.87. The Labute approximate surface area is 119 Å². The molecule has 3 N–H and O–H groups in total. The number of methoxy groups -OCH3 is 1. The van der Waals surface area contributed by atoms with Crippen molar-refractivity contribution in [2.45, 2.75) is 19.3 Å². The van der Waals surface area contributed by atoms with Crippen LogP contribution in [0.25, 0.3) is 0 Å². The molecule has 1 aromatic carbocycles. The van der Waals surface area contributed by atoms with Crippen molar-refractivity contribution in [2.24, 2.45) is 5.92 Å². The van der Waals surface area contributed by atoms with Gasteiger partial charge in [0, 0.05) is 25.3 Å². The molecule has 5 nitrogen and oxygen atoms in total. The average molecular weight is 278 g/mol. The van der Waals surface area contributed by atoms with Gasteiger partial charge in [-0.2, -0.15) is 0 Å². The van der Waals surface area contributed by atoms with Crippen LogP contribution in [0.4, 0.5) is 5.69 Å². The standard InChI is InChI=1S/C15H22N2O3/c1-19-14-9-12(5-6-13(14)16)15(18)17-7-2-8-20-10-11-3-4-11/h5-6,9,11H,2-4,7-8,10,16H2,1H3,(H,17,18). The van der Waals surface area contributed by atoms with E-state index in [-0.39, 0.29) is 5.91 Å². The van der Waals surface area contributed by atoms with Gasteiger partial charge in [-0.1, -0.05) is 0 Å². The topological polar surface area (TPSA) is 73.6 Å². The largest absolute Gasteiger partial charge is 0.495 e. The summed E-state index contributed by atoms with van der Waals surface area (Å²) in [5, 5.41) is 2.86. The summed E-state index contributed by atoms with van der Waals surface area (Å²) in [4.78, 5) is 11.9. The molecule has 1 aliphatic rings. The number of benzene rings is 1. The fraction of sp³-hybridized carbons (Fsp3) is 0.533. The molecule has 0 aromatic heterocycles. The minimum atomic E-state index is -0.120. The van der Waals surface area contributed by atoms with Crippen molar-refractivity contribution in [3.8, 4) is 5.75 Å². The molecule has 0 spiro atoms. The molecule has 1 saturated carbocycles. The second kappa shape index (κ2) is 7.14. The zero-order chi connectivity index (χ0) is 14.4. The number of amides is 1. The Kier molecular flexibility index (Phi) is 5.24. The van der Waals surface area contributed by atoms with E-state index in [9.17, 15) is 4.79 Å². The first-order valence-corrected chi connectivity index (χ1v) is 7.00.